The van der Waals surface area contributed by atoms with Gasteiger partial charge in [0.1, 0.15) is 0 Å². The average molecular weight is 255 g/mol. The number of aromatic nitrogens is 2. The monoisotopic (exact) mass is 255 g/mol. The van der Waals surface area contributed by atoms with Crippen LogP contribution in [0, 0.1) is 0 Å². The molecule has 98 valence electrons. The molecule has 4 heteroatoms. The number of carbonyl (C=O) groups is 1. The summed E-state index contributed by atoms with van der Waals surface area (Å²) in [5, 5.41) is 2.91. The van der Waals surface area contributed by atoms with Crippen molar-refractivity contribution in [2.45, 2.75) is 32.9 Å². The quantitative estimate of drug-likeness (QED) is 0.786. The van der Waals surface area contributed by atoms with Gasteiger partial charge in [-0.05, 0) is 6.07 Å². The van der Waals surface area contributed by atoms with Crippen LogP contribution >= 0.6 is 0 Å². The van der Waals surface area contributed by atoms with Crippen molar-refractivity contribution < 1.29 is 4.79 Å². The highest BCUT2D eigenvalue weighted by Crippen LogP contribution is 2.34. The summed E-state index contributed by atoms with van der Waals surface area (Å²) >= 11 is 0. The average Bonchev–Trinajstić information content (AvgIpc) is 2.74. The first-order valence-electron chi connectivity index (χ1n) is 6.41. The van der Waals surface area contributed by atoms with Gasteiger partial charge < -0.3 is 9.88 Å². The minimum Gasteiger partial charge on any atom is -0.334 e. The van der Waals surface area contributed by atoms with E-state index < -0.39 is 0 Å². The van der Waals surface area contributed by atoms with Gasteiger partial charge in [0.2, 0.25) is 0 Å². The van der Waals surface area contributed by atoms with E-state index in [0.717, 1.165) is 17.0 Å². The number of carbonyl (C=O) groups excluding carboxylic acids is 1. The Morgan fingerprint density at radius 2 is 1.89 bits per heavy atom. The van der Waals surface area contributed by atoms with Crippen LogP contribution in [-0.2, 0) is 12.1 Å². The highest BCUT2D eigenvalue weighted by Gasteiger charge is 2.28. The van der Waals surface area contributed by atoms with Gasteiger partial charge in [0, 0.05) is 16.5 Å². The summed E-state index contributed by atoms with van der Waals surface area (Å²) in [5.41, 5.74) is 3.69. The fourth-order valence-electron chi connectivity index (χ4n) is 2.47. The molecule has 1 N–H and O–H groups in total. The zero-order valence-corrected chi connectivity index (χ0v) is 11.4. The minimum absolute atomic E-state index is 0.0286. The Labute approximate surface area is 112 Å². The molecule has 0 aliphatic carbocycles. The maximum atomic E-state index is 12.1. The lowest BCUT2D eigenvalue weighted by Gasteiger charge is -2.19. The Balaban J connectivity index is 2.32. The number of hydrogen-bond acceptors (Lipinski definition) is 2. The van der Waals surface area contributed by atoms with E-state index >= 15 is 0 Å². The Kier molecular flexibility index (Phi) is 2.49. The zero-order valence-electron chi connectivity index (χ0n) is 11.4. The first kappa shape index (κ1) is 12.0. The number of imidazole rings is 1. The van der Waals surface area contributed by atoms with Gasteiger partial charge in [-0.1, -0.05) is 39.0 Å². The van der Waals surface area contributed by atoms with Gasteiger partial charge in [0.25, 0.3) is 5.91 Å². The van der Waals surface area contributed by atoms with Gasteiger partial charge in [-0.25, -0.2) is 4.98 Å². The molecule has 0 fully saturated rings. The number of benzene rings is 1. The van der Waals surface area contributed by atoms with Crippen LogP contribution in [0.15, 0.2) is 30.6 Å². The number of amides is 1. The number of nitrogens with one attached hydrogen (secondary N) is 1. The maximum absolute atomic E-state index is 12.1. The van der Waals surface area contributed by atoms with E-state index in [1.807, 2.05) is 28.8 Å². The molecule has 4 nitrogen and oxygen atoms in total. The van der Waals surface area contributed by atoms with E-state index in [4.69, 9.17) is 0 Å². The Morgan fingerprint density at radius 1 is 1.21 bits per heavy atom. The van der Waals surface area contributed by atoms with Crippen LogP contribution in [0.5, 0.6) is 0 Å². The van der Waals surface area contributed by atoms with E-state index in [1.54, 1.807) is 6.33 Å². The maximum Gasteiger partial charge on any atom is 0.253 e. The molecule has 1 aliphatic rings. The van der Waals surface area contributed by atoms with Crippen molar-refractivity contribution in [3.05, 3.63) is 41.9 Å². The van der Waals surface area contributed by atoms with Crippen LogP contribution < -0.4 is 5.32 Å². The molecule has 0 saturated heterocycles. The number of nitrogens with zero attached hydrogens (tertiary/aromatic N) is 2. The first-order chi connectivity index (χ1) is 8.98. The lowest BCUT2D eigenvalue weighted by atomic mass is 9.88. The van der Waals surface area contributed by atoms with E-state index in [9.17, 15) is 4.79 Å². The number of rotatable bonds is 0. The summed E-state index contributed by atoms with van der Waals surface area (Å²) in [4.78, 5) is 16.6. The largest absolute Gasteiger partial charge is 0.334 e. The fourth-order valence-corrected chi connectivity index (χ4v) is 2.47. The molecule has 0 unspecified atom stereocenters. The lowest BCUT2D eigenvalue weighted by molar-refractivity contribution is 0.0945. The van der Waals surface area contributed by atoms with Gasteiger partial charge in [0.05, 0.1) is 24.4 Å². The first-order valence-corrected chi connectivity index (χ1v) is 6.41. The molecule has 2 aromatic rings. The third-order valence-corrected chi connectivity index (χ3v) is 3.38. The molecular weight excluding hydrogens is 238 g/mol. The van der Waals surface area contributed by atoms with Gasteiger partial charge in [-0.15, -0.1) is 0 Å². The molecule has 1 aromatic carbocycles. The van der Waals surface area contributed by atoms with Crippen molar-refractivity contribution in [1.29, 1.82) is 0 Å². The van der Waals surface area contributed by atoms with Gasteiger partial charge >= 0.3 is 0 Å². The van der Waals surface area contributed by atoms with Crippen LogP contribution in [0.2, 0.25) is 0 Å². The van der Waals surface area contributed by atoms with Crippen molar-refractivity contribution in [2.24, 2.45) is 0 Å². The SMILES string of the molecule is CC(C)(C)c1ncn2c1-c1ccccc1C(=O)NC2. The highest BCUT2D eigenvalue weighted by molar-refractivity contribution is 6.01. The van der Waals surface area contributed by atoms with E-state index in [2.05, 4.69) is 31.1 Å². The third-order valence-electron chi connectivity index (χ3n) is 3.38. The molecule has 0 radical (unpaired) electrons. The van der Waals surface area contributed by atoms with Crippen molar-refractivity contribution >= 4 is 5.91 Å². The van der Waals surface area contributed by atoms with Crippen LogP contribution in [0.1, 0.15) is 36.8 Å². The summed E-state index contributed by atoms with van der Waals surface area (Å²) in [5.74, 6) is -0.0286. The number of fused-ring (bicyclic) bond motifs is 3. The molecule has 1 aromatic heterocycles. The van der Waals surface area contributed by atoms with Crippen molar-refractivity contribution in [2.75, 3.05) is 0 Å². The van der Waals surface area contributed by atoms with E-state index in [-0.39, 0.29) is 11.3 Å². The molecular formula is C15H17N3O. The molecule has 0 saturated carbocycles. The second-order valence-corrected chi connectivity index (χ2v) is 5.87. The summed E-state index contributed by atoms with van der Waals surface area (Å²) < 4.78 is 2.00. The summed E-state index contributed by atoms with van der Waals surface area (Å²) in [6.07, 6.45) is 1.80. The third kappa shape index (κ3) is 1.84. The lowest BCUT2D eigenvalue weighted by Crippen LogP contribution is -2.23. The molecule has 3 rings (SSSR count). The van der Waals surface area contributed by atoms with Crippen LogP contribution in [0.3, 0.4) is 0 Å². The normalized spacial score (nSPS) is 14.4. The molecule has 0 bridgehead atoms. The summed E-state index contributed by atoms with van der Waals surface area (Å²) in [6.45, 7) is 6.88. The Hall–Kier alpha value is -2.10. The molecule has 2 heterocycles. The van der Waals surface area contributed by atoms with Crippen molar-refractivity contribution in [1.82, 2.24) is 14.9 Å². The minimum atomic E-state index is -0.0545. The second kappa shape index (κ2) is 3.95. The molecule has 1 aliphatic heterocycles. The highest BCUT2D eigenvalue weighted by atomic mass is 16.1. The Morgan fingerprint density at radius 3 is 2.58 bits per heavy atom. The van der Waals surface area contributed by atoms with Crippen LogP contribution in [-0.4, -0.2) is 15.5 Å². The smallest absolute Gasteiger partial charge is 0.253 e. The van der Waals surface area contributed by atoms with Gasteiger partial charge in [0.15, 0.2) is 0 Å². The Bertz CT molecular complexity index is 650. The summed E-state index contributed by atoms with van der Waals surface area (Å²) in [7, 11) is 0. The predicted molar refractivity (Wildman–Crippen MR) is 73.8 cm³/mol. The van der Waals surface area contributed by atoms with Crippen molar-refractivity contribution in [3.8, 4) is 11.3 Å². The van der Waals surface area contributed by atoms with Gasteiger partial charge in [-0.2, -0.15) is 0 Å². The molecule has 19 heavy (non-hydrogen) atoms. The van der Waals surface area contributed by atoms with Crippen LogP contribution in [0.4, 0.5) is 0 Å². The standard InChI is InChI=1S/C15H17N3O/c1-15(2,3)13-12-10-6-4-5-7-11(10)14(19)17-9-18(12)8-16-13/h4-8H,9H2,1-3H3,(H,17,19). The van der Waals surface area contributed by atoms with Crippen molar-refractivity contribution in [3.63, 3.8) is 0 Å². The van der Waals surface area contributed by atoms with E-state index in [0.29, 0.717) is 12.2 Å². The molecule has 0 spiro atoms. The predicted octanol–water partition coefficient (Wildman–Crippen LogP) is 2.55. The second-order valence-electron chi connectivity index (χ2n) is 5.87. The summed E-state index contributed by atoms with van der Waals surface area (Å²) in [6, 6.07) is 7.70. The topological polar surface area (TPSA) is 46.9 Å². The van der Waals surface area contributed by atoms with Gasteiger partial charge in [-0.3, -0.25) is 4.79 Å². The van der Waals surface area contributed by atoms with Crippen LogP contribution in [0.25, 0.3) is 11.3 Å². The molecule has 0 atom stereocenters. The van der Waals surface area contributed by atoms with E-state index in [1.165, 1.54) is 0 Å². The fraction of sp³-hybridized carbons (Fsp3) is 0.333. The zero-order chi connectivity index (χ0) is 13.6. The molecule has 1 amide bonds. The number of hydrogen-bond donors (Lipinski definition) is 1.